The quantitative estimate of drug-likeness (QED) is 0.762. The fraction of sp³-hybridized carbons (Fsp3) is 1.00. The Morgan fingerprint density at radius 1 is 1.50 bits per heavy atom. The molecule has 14 heavy (non-hydrogen) atoms. The third-order valence-corrected chi connectivity index (χ3v) is 3.69. The summed E-state index contributed by atoms with van der Waals surface area (Å²) in [4.78, 5) is 0. The Labute approximate surface area is 91.4 Å². The van der Waals surface area contributed by atoms with Crippen LogP contribution in [-0.2, 0) is 10.0 Å². The van der Waals surface area contributed by atoms with E-state index in [9.17, 15) is 17.2 Å². The first kappa shape index (κ1) is 14.2. The third kappa shape index (κ3) is 4.18. The number of nitrogens with one attached hydrogen (secondary N) is 1. The molecule has 7 heteroatoms. The van der Waals surface area contributed by atoms with Gasteiger partial charge in [0.15, 0.2) is 0 Å². The highest BCUT2D eigenvalue weighted by atomic mass is 79.9. The van der Waals surface area contributed by atoms with Crippen molar-refractivity contribution in [2.24, 2.45) is 0 Å². The van der Waals surface area contributed by atoms with E-state index in [1.165, 1.54) is 0 Å². The summed E-state index contributed by atoms with van der Waals surface area (Å²) in [5.41, 5.74) is -0.807. The molecule has 1 N–H and O–H groups in total. The molecule has 0 saturated heterocycles. The summed E-state index contributed by atoms with van der Waals surface area (Å²) >= 11 is 3.15. The lowest BCUT2D eigenvalue weighted by atomic mass is 9.98. The Morgan fingerprint density at radius 3 is 2.29 bits per heavy atom. The van der Waals surface area contributed by atoms with Crippen molar-refractivity contribution >= 4 is 26.0 Å². The van der Waals surface area contributed by atoms with Gasteiger partial charge < -0.3 is 0 Å². The molecule has 0 amide bonds. The van der Waals surface area contributed by atoms with Crippen LogP contribution in [-0.4, -0.2) is 25.0 Å². The van der Waals surface area contributed by atoms with Gasteiger partial charge in [-0.3, -0.25) is 0 Å². The van der Waals surface area contributed by atoms with Crippen LogP contribution < -0.4 is 4.72 Å². The smallest absolute Gasteiger partial charge is 0.206 e. The summed E-state index contributed by atoms with van der Waals surface area (Å²) in [5.74, 6) is -3.37. The normalized spacial score (nSPS) is 17.0. The van der Waals surface area contributed by atoms with Gasteiger partial charge >= 0.3 is 5.76 Å². The second-order valence-corrected chi connectivity index (χ2v) is 5.70. The van der Waals surface area contributed by atoms with Crippen LogP contribution in [0.5, 0.6) is 0 Å². The number of alkyl halides is 3. The standard InChI is InChI=1S/C7H14BrF2NO2S/c1-3-7(2,4-5-8)11-14(12,13)6(9)10/h6,11H,3-5H2,1-2H3. The molecule has 0 spiro atoms. The summed E-state index contributed by atoms with van der Waals surface area (Å²) in [6.45, 7) is 3.35. The molecule has 86 valence electrons. The van der Waals surface area contributed by atoms with E-state index in [4.69, 9.17) is 0 Å². The van der Waals surface area contributed by atoms with Crippen molar-refractivity contribution in [2.75, 3.05) is 5.33 Å². The second-order valence-electron chi connectivity index (χ2n) is 3.26. The van der Waals surface area contributed by atoms with Crippen LogP contribution in [0.3, 0.4) is 0 Å². The Morgan fingerprint density at radius 2 is 2.00 bits per heavy atom. The summed E-state index contributed by atoms with van der Waals surface area (Å²) in [5, 5.41) is 0.559. The zero-order valence-corrected chi connectivity index (χ0v) is 10.5. The summed E-state index contributed by atoms with van der Waals surface area (Å²) in [6.07, 6.45) is 0.931. The topological polar surface area (TPSA) is 46.2 Å². The van der Waals surface area contributed by atoms with Crippen molar-refractivity contribution in [3.63, 3.8) is 0 Å². The van der Waals surface area contributed by atoms with Gasteiger partial charge in [-0.1, -0.05) is 22.9 Å². The van der Waals surface area contributed by atoms with Crippen molar-refractivity contribution in [3.8, 4) is 0 Å². The van der Waals surface area contributed by atoms with E-state index in [1.807, 2.05) is 4.72 Å². The van der Waals surface area contributed by atoms with Crippen LogP contribution in [0.1, 0.15) is 26.7 Å². The molecular formula is C7H14BrF2NO2S. The van der Waals surface area contributed by atoms with Gasteiger partial charge in [0.1, 0.15) is 0 Å². The van der Waals surface area contributed by atoms with Gasteiger partial charge in [0.2, 0.25) is 0 Å². The maximum atomic E-state index is 12.1. The molecule has 0 heterocycles. The first-order valence-corrected chi connectivity index (χ1v) is 6.81. The van der Waals surface area contributed by atoms with Crippen LogP contribution in [0.4, 0.5) is 8.78 Å². The van der Waals surface area contributed by atoms with Crippen LogP contribution >= 0.6 is 15.9 Å². The van der Waals surface area contributed by atoms with Crippen LogP contribution in [0.2, 0.25) is 0 Å². The molecule has 0 saturated carbocycles. The number of hydrogen-bond donors (Lipinski definition) is 1. The van der Waals surface area contributed by atoms with E-state index < -0.39 is 21.3 Å². The lowest BCUT2D eigenvalue weighted by molar-refractivity contribution is 0.227. The van der Waals surface area contributed by atoms with Gasteiger partial charge in [0.05, 0.1) is 0 Å². The molecule has 0 aliphatic carbocycles. The first-order chi connectivity index (χ1) is 6.27. The molecule has 3 nitrogen and oxygen atoms in total. The van der Waals surface area contributed by atoms with Gasteiger partial charge in [-0.25, -0.2) is 13.1 Å². The number of hydrogen-bond acceptors (Lipinski definition) is 2. The van der Waals surface area contributed by atoms with E-state index in [-0.39, 0.29) is 0 Å². The third-order valence-electron chi connectivity index (χ3n) is 2.05. The highest BCUT2D eigenvalue weighted by molar-refractivity contribution is 9.09. The van der Waals surface area contributed by atoms with Crippen molar-refractivity contribution in [1.29, 1.82) is 0 Å². The SMILES string of the molecule is CCC(C)(CCBr)NS(=O)(=O)C(F)F. The molecule has 0 aliphatic rings. The minimum absolute atomic E-state index is 0.463. The molecular weight excluding hydrogens is 280 g/mol. The Kier molecular flexibility index (Phi) is 5.46. The zero-order chi connectivity index (χ0) is 11.4. The molecule has 0 radical (unpaired) electrons. The lowest BCUT2D eigenvalue weighted by Gasteiger charge is -2.28. The average Bonchev–Trinajstić information content (AvgIpc) is 2.03. The summed E-state index contributed by atoms with van der Waals surface area (Å²) < 4.78 is 47.9. The monoisotopic (exact) mass is 293 g/mol. The minimum atomic E-state index is -4.49. The van der Waals surface area contributed by atoms with Crippen molar-refractivity contribution in [2.45, 2.75) is 38.0 Å². The van der Waals surface area contributed by atoms with Gasteiger partial charge in [0, 0.05) is 10.9 Å². The highest BCUT2D eigenvalue weighted by Gasteiger charge is 2.32. The molecule has 0 aromatic carbocycles. The molecule has 0 aromatic rings. The Balaban J connectivity index is 4.62. The van der Waals surface area contributed by atoms with Crippen LogP contribution in [0.15, 0.2) is 0 Å². The van der Waals surface area contributed by atoms with Gasteiger partial charge in [-0.15, -0.1) is 0 Å². The fourth-order valence-electron chi connectivity index (χ4n) is 0.897. The average molecular weight is 294 g/mol. The molecule has 0 bridgehead atoms. The van der Waals surface area contributed by atoms with E-state index in [0.29, 0.717) is 18.2 Å². The highest BCUT2D eigenvalue weighted by Crippen LogP contribution is 2.18. The minimum Gasteiger partial charge on any atom is -0.206 e. The summed E-state index contributed by atoms with van der Waals surface area (Å²) in [6, 6.07) is 0. The number of sulfonamides is 1. The summed E-state index contributed by atoms with van der Waals surface area (Å²) in [7, 11) is -4.49. The van der Waals surface area contributed by atoms with Crippen molar-refractivity contribution in [3.05, 3.63) is 0 Å². The van der Waals surface area contributed by atoms with Gasteiger partial charge in [-0.2, -0.15) is 8.78 Å². The van der Waals surface area contributed by atoms with Crippen molar-refractivity contribution < 1.29 is 17.2 Å². The molecule has 0 rings (SSSR count). The fourth-order valence-corrected chi connectivity index (χ4v) is 2.79. The van der Waals surface area contributed by atoms with Crippen LogP contribution in [0, 0.1) is 0 Å². The number of halogens is 3. The van der Waals surface area contributed by atoms with Gasteiger partial charge in [0.25, 0.3) is 10.0 Å². The van der Waals surface area contributed by atoms with E-state index in [0.717, 1.165) is 0 Å². The number of rotatable bonds is 6. The second kappa shape index (κ2) is 5.37. The molecule has 1 atom stereocenters. The zero-order valence-electron chi connectivity index (χ0n) is 8.06. The molecule has 0 fully saturated rings. The maximum Gasteiger partial charge on any atom is 0.350 e. The predicted molar refractivity (Wildman–Crippen MR) is 55.2 cm³/mol. The van der Waals surface area contributed by atoms with E-state index in [1.54, 1.807) is 13.8 Å². The Bertz CT molecular complexity index is 271. The molecule has 0 aromatic heterocycles. The Hall–Kier alpha value is 0.250. The van der Waals surface area contributed by atoms with E-state index >= 15 is 0 Å². The molecule has 0 aliphatic heterocycles. The lowest BCUT2D eigenvalue weighted by Crippen LogP contribution is -2.47. The van der Waals surface area contributed by atoms with Crippen LogP contribution in [0.25, 0.3) is 0 Å². The first-order valence-electron chi connectivity index (χ1n) is 4.14. The van der Waals surface area contributed by atoms with Crippen molar-refractivity contribution in [1.82, 2.24) is 4.72 Å². The molecule has 1 unspecified atom stereocenters. The maximum absolute atomic E-state index is 12.1. The van der Waals surface area contributed by atoms with E-state index in [2.05, 4.69) is 15.9 Å². The largest absolute Gasteiger partial charge is 0.350 e. The predicted octanol–water partition coefficient (Wildman–Crippen LogP) is 2.08. The van der Waals surface area contributed by atoms with Gasteiger partial charge in [-0.05, 0) is 19.8 Å².